The molecule has 326 valence electrons. The quantitative estimate of drug-likeness (QED) is 0.0509. The fraction of sp³-hybridized carbons (Fsp3) is 0.375. The number of fused-ring (bicyclic) bond motifs is 1. The van der Waals surface area contributed by atoms with Crippen molar-refractivity contribution in [3.8, 4) is 11.1 Å². The molecular formula is C48H58N8O6. The number of carbonyl (C=O) groups excluding carboxylic acids is 4. The van der Waals surface area contributed by atoms with Crippen molar-refractivity contribution in [2.24, 2.45) is 11.8 Å². The number of para-hydroxylation sites is 1. The van der Waals surface area contributed by atoms with E-state index >= 15 is 0 Å². The Morgan fingerprint density at radius 3 is 2.32 bits per heavy atom. The molecule has 5 aromatic rings. The Balaban J connectivity index is 1.21. The molecule has 3 aromatic carbocycles. The number of amides is 5. The van der Waals surface area contributed by atoms with E-state index in [-0.39, 0.29) is 43.3 Å². The van der Waals surface area contributed by atoms with Crippen LogP contribution in [0.5, 0.6) is 0 Å². The summed E-state index contributed by atoms with van der Waals surface area (Å²) in [6.45, 7) is 9.41. The van der Waals surface area contributed by atoms with Gasteiger partial charge in [0.2, 0.25) is 5.91 Å². The monoisotopic (exact) mass is 842 g/mol. The summed E-state index contributed by atoms with van der Waals surface area (Å²) in [7, 11) is 0. The number of pyridine rings is 2. The highest BCUT2D eigenvalue weighted by Crippen LogP contribution is 2.25. The molecule has 1 aliphatic heterocycles. The number of nitrogens with one attached hydrogen (secondary N) is 3. The average Bonchev–Trinajstić information content (AvgIpc) is 3.64. The topological polar surface area (TPSA) is 169 Å². The number of hydrazine groups is 1. The summed E-state index contributed by atoms with van der Waals surface area (Å²) >= 11 is 0. The number of aliphatic hydroxyl groups excluding tert-OH is 1. The fourth-order valence-electron chi connectivity index (χ4n) is 7.59. The summed E-state index contributed by atoms with van der Waals surface area (Å²) in [5.74, 6) is -0.394. The van der Waals surface area contributed by atoms with Crippen molar-refractivity contribution in [3.05, 3.63) is 132 Å². The van der Waals surface area contributed by atoms with Crippen LogP contribution < -0.4 is 16.1 Å². The molecule has 6 rings (SSSR count). The summed E-state index contributed by atoms with van der Waals surface area (Å²) in [5, 5.41) is 20.3. The van der Waals surface area contributed by atoms with Gasteiger partial charge in [-0.3, -0.25) is 20.2 Å². The Bertz CT molecular complexity index is 2240. The molecule has 62 heavy (non-hydrogen) atoms. The number of urea groups is 1. The number of ether oxygens (including phenoxy) is 1. The second-order valence-electron chi connectivity index (χ2n) is 16.1. The molecule has 0 saturated carbocycles. The van der Waals surface area contributed by atoms with Crippen molar-refractivity contribution in [1.29, 1.82) is 0 Å². The van der Waals surface area contributed by atoms with Crippen molar-refractivity contribution >= 4 is 35.0 Å². The second-order valence-corrected chi connectivity index (χ2v) is 16.1. The molecule has 4 N–H and O–H groups in total. The maximum absolute atomic E-state index is 14.6. The molecular weight excluding hydrogens is 785 g/mol. The van der Waals surface area contributed by atoms with Crippen LogP contribution in [0.4, 0.5) is 14.4 Å². The minimum atomic E-state index is -1.24. The molecule has 3 heterocycles. The van der Waals surface area contributed by atoms with Gasteiger partial charge in [0.15, 0.2) is 0 Å². The largest absolute Gasteiger partial charge is 0.430 e. The molecule has 1 aliphatic rings. The minimum absolute atomic E-state index is 0.125. The van der Waals surface area contributed by atoms with Crippen molar-refractivity contribution in [3.63, 3.8) is 0 Å². The maximum Gasteiger partial charge on any atom is 0.430 e. The fourth-order valence-corrected chi connectivity index (χ4v) is 7.59. The molecule has 5 atom stereocenters. The van der Waals surface area contributed by atoms with Crippen LogP contribution in [0, 0.1) is 11.8 Å². The third kappa shape index (κ3) is 12.1. The molecule has 2 aromatic heterocycles. The first-order chi connectivity index (χ1) is 30.0. The summed E-state index contributed by atoms with van der Waals surface area (Å²) in [4.78, 5) is 66.5. The van der Waals surface area contributed by atoms with Gasteiger partial charge >= 0.3 is 18.2 Å². The number of nitrogens with zero attached hydrogens (tertiary/aromatic N) is 5. The Morgan fingerprint density at radius 2 is 1.60 bits per heavy atom. The van der Waals surface area contributed by atoms with E-state index < -0.39 is 30.4 Å². The second kappa shape index (κ2) is 21.9. The first kappa shape index (κ1) is 45.2. The van der Waals surface area contributed by atoms with Crippen LogP contribution in [0.25, 0.3) is 22.0 Å². The number of benzene rings is 3. The van der Waals surface area contributed by atoms with Crippen LogP contribution in [-0.4, -0.2) is 98.4 Å². The predicted octanol–water partition coefficient (Wildman–Crippen LogP) is 6.94. The van der Waals surface area contributed by atoms with Gasteiger partial charge in [-0.1, -0.05) is 119 Å². The van der Waals surface area contributed by atoms with Crippen LogP contribution >= 0.6 is 0 Å². The average molecular weight is 843 g/mol. The van der Waals surface area contributed by atoms with E-state index in [0.717, 1.165) is 45.1 Å². The first-order valence-corrected chi connectivity index (χ1v) is 21.4. The highest BCUT2D eigenvalue weighted by Gasteiger charge is 2.41. The van der Waals surface area contributed by atoms with E-state index in [9.17, 15) is 24.3 Å². The van der Waals surface area contributed by atoms with Crippen LogP contribution in [0.15, 0.2) is 116 Å². The number of hydrogen-bond acceptors (Lipinski definition) is 9. The predicted molar refractivity (Wildman–Crippen MR) is 238 cm³/mol. The Labute approximate surface area is 363 Å². The number of carbonyl (C=O) groups is 4. The zero-order valence-corrected chi connectivity index (χ0v) is 35.9. The van der Waals surface area contributed by atoms with Crippen LogP contribution in [0.1, 0.15) is 57.2 Å². The zero-order chi connectivity index (χ0) is 44.0. The van der Waals surface area contributed by atoms with E-state index in [0.29, 0.717) is 32.6 Å². The standard InChI is InChI=1S/C48H58N8O6/c1-5-33(3)28-51-46(59)62-47(60)53-55(30-36-18-20-37(21-19-36)38-15-12-23-49-29-38)32-43(57)42(27-35-13-8-7-9-14-35)52-45(58)44(34(4)6-2)56-26-25-54(48(56)61)31-39-22-24-50-41-17-11-10-16-40(39)41/h7-24,29,33-34,42-44,57H,5-6,25-28,30-32H2,1-4H3,(H,51,59)(H,52,58)(H,53,60). The lowest BCUT2D eigenvalue weighted by Crippen LogP contribution is -2.58. The lowest BCUT2D eigenvalue weighted by atomic mass is 9.95. The lowest BCUT2D eigenvalue weighted by molar-refractivity contribution is -0.128. The number of aromatic nitrogens is 2. The van der Waals surface area contributed by atoms with E-state index in [1.54, 1.807) is 28.4 Å². The first-order valence-electron chi connectivity index (χ1n) is 21.4. The van der Waals surface area contributed by atoms with Crippen molar-refractivity contribution in [1.82, 2.24) is 40.8 Å². The van der Waals surface area contributed by atoms with Gasteiger partial charge in [-0.25, -0.2) is 19.4 Å². The number of alkyl carbamates (subject to hydrolysis) is 1. The molecule has 5 unspecified atom stereocenters. The highest BCUT2D eigenvalue weighted by molar-refractivity contribution is 5.89. The molecule has 5 amide bonds. The summed E-state index contributed by atoms with van der Waals surface area (Å²) in [6.07, 6.45) is 3.80. The van der Waals surface area contributed by atoms with Gasteiger partial charge in [0.1, 0.15) is 6.04 Å². The molecule has 0 bridgehead atoms. The van der Waals surface area contributed by atoms with Gasteiger partial charge in [-0.05, 0) is 64.3 Å². The third-order valence-corrected chi connectivity index (χ3v) is 11.6. The van der Waals surface area contributed by atoms with E-state index in [1.165, 1.54) is 5.01 Å². The van der Waals surface area contributed by atoms with E-state index in [4.69, 9.17) is 4.74 Å². The highest BCUT2D eigenvalue weighted by atomic mass is 16.6. The summed E-state index contributed by atoms with van der Waals surface area (Å²) < 4.78 is 5.05. The van der Waals surface area contributed by atoms with Gasteiger partial charge in [0.25, 0.3) is 0 Å². The zero-order valence-electron chi connectivity index (χ0n) is 35.9. The molecule has 14 heteroatoms. The van der Waals surface area contributed by atoms with E-state index in [1.807, 2.05) is 125 Å². The number of rotatable bonds is 19. The van der Waals surface area contributed by atoms with Crippen LogP contribution in [0.2, 0.25) is 0 Å². The van der Waals surface area contributed by atoms with Crippen molar-refractivity contribution in [2.45, 2.75) is 78.2 Å². The molecule has 14 nitrogen and oxygen atoms in total. The van der Waals surface area contributed by atoms with Gasteiger partial charge in [0.05, 0.1) is 17.7 Å². The molecule has 0 spiro atoms. The molecule has 0 radical (unpaired) electrons. The lowest BCUT2D eigenvalue weighted by Gasteiger charge is -2.35. The number of hydrogen-bond donors (Lipinski definition) is 4. The van der Waals surface area contributed by atoms with E-state index in [2.05, 4.69) is 26.0 Å². The van der Waals surface area contributed by atoms with Crippen molar-refractivity contribution < 1.29 is 29.0 Å². The van der Waals surface area contributed by atoms with Crippen molar-refractivity contribution in [2.75, 3.05) is 26.2 Å². The molecule has 1 saturated heterocycles. The SMILES string of the molecule is CCC(C)CNC(=O)OC(=O)NN(Cc1ccc(-c2cccnc2)cc1)CC(O)C(Cc1ccccc1)NC(=O)C(C(C)CC)N1CCN(Cc2ccnc3ccccc23)C1=O. The normalized spacial score (nSPS) is 15.2. The van der Waals surface area contributed by atoms with Gasteiger partial charge in [-0.15, -0.1) is 0 Å². The Morgan fingerprint density at radius 1 is 0.839 bits per heavy atom. The Hall–Kier alpha value is -6.38. The molecule has 0 aliphatic carbocycles. The smallest absolute Gasteiger partial charge is 0.390 e. The van der Waals surface area contributed by atoms with Gasteiger partial charge < -0.3 is 30.3 Å². The maximum atomic E-state index is 14.6. The van der Waals surface area contributed by atoms with Gasteiger partial charge in [0, 0.05) is 63.2 Å². The summed E-state index contributed by atoms with van der Waals surface area (Å²) in [6, 6.07) is 28.8. The van der Waals surface area contributed by atoms with Crippen LogP contribution in [0.3, 0.4) is 0 Å². The molecule has 1 fully saturated rings. The Kier molecular flexibility index (Phi) is 16.0. The summed E-state index contributed by atoms with van der Waals surface area (Å²) in [5.41, 5.74) is 8.02. The van der Waals surface area contributed by atoms with Gasteiger partial charge in [-0.2, -0.15) is 0 Å². The minimum Gasteiger partial charge on any atom is -0.390 e. The number of aliphatic hydroxyl groups is 1. The third-order valence-electron chi connectivity index (χ3n) is 11.6. The van der Waals surface area contributed by atoms with Crippen LogP contribution in [-0.2, 0) is 29.0 Å².